The Bertz CT molecular complexity index is 995. The highest BCUT2D eigenvalue weighted by Gasteiger charge is 2.15. The van der Waals surface area contributed by atoms with Crippen molar-refractivity contribution in [3.05, 3.63) is 106 Å². The summed E-state index contributed by atoms with van der Waals surface area (Å²) in [4.78, 5) is 25.4. The maximum Gasteiger partial charge on any atom is 0.272 e. The van der Waals surface area contributed by atoms with Gasteiger partial charge in [0.05, 0.1) is 0 Å². The van der Waals surface area contributed by atoms with Crippen molar-refractivity contribution in [2.24, 2.45) is 0 Å². The topological polar surface area (TPSA) is 58.2 Å². The second-order valence-corrected chi connectivity index (χ2v) is 6.69. The lowest BCUT2D eigenvalue weighted by molar-refractivity contribution is -0.113. The number of amides is 2. The Morgan fingerprint density at radius 2 is 1.50 bits per heavy atom. The van der Waals surface area contributed by atoms with Crippen LogP contribution in [0.5, 0.6) is 0 Å². The molecule has 0 heterocycles. The summed E-state index contributed by atoms with van der Waals surface area (Å²) in [5, 5.41) is 6.11. The van der Waals surface area contributed by atoms with E-state index < -0.39 is 5.91 Å². The van der Waals surface area contributed by atoms with Crippen LogP contribution in [-0.2, 0) is 4.79 Å². The van der Waals surface area contributed by atoms with E-state index in [1.807, 2.05) is 37.3 Å². The molecular formula is C23H19ClN2O2. The third kappa shape index (κ3) is 5.32. The van der Waals surface area contributed by atoms with Gasteiger partial charge in [-0.3, -0.25) is 9.59 Å². The lowest BCUT2D eigenvalue weighted by Gasteiger charge is -2.11. The number of carbonyl (C=O) groups is 2. The molecule has 0 fully saturated rings. The number of hydrogen-bond donors (Lipinski definition) is 2. The van der Waals surface area contributed by atoms with E-state index in [1.54, 1.807) is 54.6 Å². The van der Waals surface area contributed by atoms with Crippen molar-refractivity contribution in [1.82, 2.24) is 5.32 Å². The molecule has 3 aromatic rings. The predicted octanol–water partition coefficient (Wildman–Crippen LogP) is 5.06. The molecule has 0 spiro atoms. The predicted molar refractivity (Wildman–Crippen MR) is 113 cm³/mol. The van der Waals surface area contributed by atoms with Crippen molar-refractivity contribution in [3.8, 4) is 0 Å². The average molecular weight is 391 g/mol. The summed E-state index contributed by atoms with van der Waals surface area (Å²) in [6.45, 7) is 1.97. The minimum Gasteiger partial charge on any atom is -0.321 e. The first-order valence-electron chi connectivity index (χ1n) is 8.73. The third-order valence-corrected chi connectivity index (χ3v) is 4.27. The summed E-state index contributed by atoms with van der Waals surface area (Å²) >= 11 is 5.93. The molecule has 2 N–H and O–H groups in total. The monoisotopic (exact) mass is 390 g/mol. The summed E-state index contributed by atoms with van der Waals surface area (Å²) < 4.78 is 0. The van der Waals surface area contributed by atoms with Crippen LogP contribution in [0.3, 0.4) is 0 Å². The number of aryl methyl sites for hydroxylation is 1. The van der Waals surface area contributed by atoms with Crippen molar-refractivity contribution in [2.75, 3.05) is 5.32 Å². The highest BCUT2D eigenvalue weighted by Crippen LogP contribution is 2.14. The Balaban J connectivity index is 1.86. The first-order valence-corrected chi connectivity index (χ1v) is 9.11. The van der Waals surface area contributed by atoms with Gasteiger partial charge in [0, 0.05) is 16.3 Å². The Morgan fingerprint density at radius 1 is 0.857 bits per heavy atom. The minimum atomic E-state index is -0.414. The van der Waals surface area contributed by atoms with Crippen LogP contribution in [0.25, 0.3) is 6.08 Å². The molecule has 3 aromatic carbocycles. The van der Waals surface area contributed by atoms with Gasteiger partial charge in [-0.05, 0) is 55.0 Å². The fourth-order valence-electron chi connectivity index (χ4n) is 2.50. The number of nitrogens with one attached hydrogen (secondary N) is 2. The molecule has 140 valence electrons. The Morgan fingerprint density at radius 3 is 2.14 bits per heavy atom. The van der Waals surface area contributed by atoms with Gasteiger partial charge in [-0.25, -0.2) is 0 Å². The fourth-order valence-corrected chi connectivity index (χ4v) is 2.63. The summed E-state index contributed by atoms with van der Waals surface area (Å²) in [6, 6.07) is 23.2. The first kappa shape index (κ1) is 19.4. The van der Waals surface area contributed by atoms with Crippen molar-refractivity contribution in [1.29, 1.82) is 0 Å². The van der Waals surface area contributed by atoms with E-state index in [9.17, 15) is 9.59 Å². The maximum atomic E-state index is 12.8. The molecule has 2 amide bonds. The van der Waals surface area contributed by atoms with E-state index in [-0.39, 0.29) is 11.6 Å². The fraction of sp³-hybridized carbons (Fsp3) is 0.0435. The maximum absolute atomic E-state index is 12.8. The normalized spacial score (nSPS) is 11.0. The number of benzene rings is 3. The zero-order chi connectivity index (χ0) is 19.9. The van der Waals surface area contributed by atoms with E-state index in [0.29, 0.717) is 16.3 Å². The van der Waals surface area contributed by atoms with Crippen molar-refractivity contribution in [3.63, 3.8) is 0 Å². The largest absolute Gasteiger partial charge is 0.321 e. The molecule has 0 atom stereocenters. The lowest BCUT2D eigenvalue weighted by atomic mass is 10.1. The quantitative estimate of drug-likeness (QED) is 0.598. The van der Waals surface area contributed by atoms with E-state index in [2.05, 4.69) is 10.6 Å². The van der Waals surface area contributed by atoms with Crippen LogP contribution >= 0.6 is 11.6 Å². The standard InChI is InChI=1S/C23H19ClN2O2/c1-16-7-13-20(14-8-16)25-23(28)21(15-17-9-11-19(24)12-10-17)26-22(27)18-5-3-2-4-6-18/h2-15H,1H3,(H,25,28)(H,26,27). The molecule has 0 bridgehead atoms. The van der Waals surface area contributed by atoms with Gasteiger partial charge < -0.3 is 10.6 Å². The average Bonchev–Trinajstić information content (AvgIpc) is 2.71. The van der Waals surface area contributed by atoms with Crippen LogP contribution in [0, 0.1) is 6.92 Å². The van der Waals surface area contributed by atoms with Gasteiger partial charge in [0.2, 0.25) is 0 Å². The Labute approximate surface area is 168 Å². The van der Waals surface area contributed by atoms with Crippen LogP contribution in [-0.4, -0.2) is 11.8 Å². The van der Waals surface area contributed by atoms with Crippen LogP contribution in [0.15, 0.2) is 84.6 Å². The van der Waals surface area contributed by atoms with Gasteiger partial charge in [0.15, 0.2) is 0 Å². The van der Waals surface area contributed by atoms with E-state index in [1.165, 1.54) is 0 Å². The van der Waals surface area contributed by atoms with Crippen LogP contribution in [0.1, 0.15) is 21.5 Å². The second kappa shape index (κ2) is 9.02. The molecule has 3 rings (SSSR count). The molecule has 0 aromatic heterocycles. The van der Waals surface area contributed by atoms with Crippen LogP contribution in [0.2, 0.25) is 5.02 Å². The summed E-state index contributed by atoms with van der Waals surface area (Å²) in [6.07, 6.45) is 1.61. The highest BCUT2D eigenvalue weighted by atomic mass is 35.5. The van der Waals surface area contributed by atoms with Gasteiger partial charge in [0.1, 0.15) is 5.70 Å². The summed E-state index contributed by atoms with van der Waals surface area (Å²) in [7, 11) is 0. The summed E-state index contributed by atoms with van der Waals surface area (Å²) in [5.41, 5.74) is 3.08. The van der Waals surface area contributed by atoms with E-state index in [4.69, 9.17) is 11.6 Å². The molecule has 0 aliphatic rings. The lowest BCUT2D eigenvalue weighted by Crippen LogP contribution is -2.30. The zero-order valence-corrected chi connectivity index (χ0v) is 16.0. The van der Waals surface area contributed by atoms with Crippen LogP contribution in [0.4, 0.5) is 5.69 Å². The number of anilines is 1. The molecule has 0 saturated carbocycles. The van der Waals surface area contributed by atoms with Crippen molar-refractivity contribution in [2.45, 2.75) is 6.92 Å². The van der Waals surface area contributed by atoms with Gasteiger partial charge in [0.25, 0.3) is 11.8 Å². The van der Waals surface area contributed by atoms with Gasteiger partial charge in [-0.2, -0.15) is 0 Å². The minimum absolute atomic E-state index is 0.136. The third-order valence-electron chi connectivity index (χ3n) is 4.02. The van der Waals surface area contributed by atoms with Gasteiger partial charge in [-0.1, -0.05) is 59.6 Å². The molecule has 0 saturated heterocycles. The number of halogens is 1. The zero-order valence-electron chi connectivity index (χ0n) is 15.3. The Hall–Kier alpha value is -3.37. The van der Waals surface area contributed by atoms with Gasteiger partial charge >= 0.3 is 0 Å². The van der Waals surface area contributed by atoms with Crippen LogP contribution < -0.4 is 10.6 Å². The molecule has 0 aliphatic heterocycles. The first-order chi connectivity index (χ1) is 13.5. The molecule has 28 heavy (non-hydrogen) atoms. The smallest absolute Gasteiger partial charge is 0.272 e. The molecule has 5 heteroatoms. The molecule has 4 nitrogen and oxygen atoms in total. The van der Waals surface area contributed by atoms with Crippen molar-refractivity contribution < 1.29 is 9.59 Å². The highest BCUT2D eigenvalue weighted by molar-refractivity contribution is 6.30. The SMILES string of the molecule is Cc1ccc(NC(=O)C(=Cc2ccc(Cl)cc2)NC(=O)c2ccccc2)cc1. The number of carbonyl (C=O) groups excluding carboxylic acids is 2. The molecule has 0 aliphatic carbocycles. The van der Waals surface area contributed by atoms with Gasteiger partial charge in [-0.15, -0.1) is 0 Å². The molecule has 0 radical (unpaired) electrons. The van der Waals surface area contributed by atoms with E-state index >= 15 is 0 Å². The number of hydrogen-bond acceptors (Lipinski definition) is 2. The number of rotatable bonds is 5. The van der Waals surface area contributed by atoms with E-state index in [0.717, 1.165) is 11.1 Å². The Kier molecular flexibility index (Phi) is 6.25. The molecular weight excluding hydrogens is 372 g/mol. The summed E-state index contributed by atoms with van der Waals surface area (Å²) in [5.74, 6) is -0.775. The van der Waals surface area contributed by atoms with Crippen molar-refractivity contribution >= 4 is 35.2 Å². The molecule has 0 unspecified atom stereocenters. The second-order valence-electron chi connectivity index (χ2n) is 6.25.